The fourth-order valence-corrected chi connectivity index (χ4v) is 4.66. The number of benzene rings is 3. The van der Waals surface area contributed by atoms with Crippen LogP contribution < -0.4 is 15.0 Å². The Balaban J connectivity index is 2.08. The number of alkyl halides is 12. The smallest absolute Gasteiger partial charge is 0.433 e. The zero-order valence-electron chi connectivity index (χ0n) is 22.7. The highest BCUT2D eigenvalue weighted by atomic mass is 79.9. The van der Waals surface area contributed by atoms with Crippen LogP contribution >= 0.6 is 15.9 Å². The topological polar surface area (TPSA) is 58.6 Å². The lowest BCUT2D eigenvalue weighted by Gasteiger charge is -2.31. The van der Waals surface area contributed by atoms with E-state index in [1.165, 1.54) is 6.92 Å². The summed E-state index contributed by atoms with van der Waals surface area (Å²) in [4.78, 5) is 26.6. The largest absolute Gasteiger partial charge is 0.435 e. The number of amides is 2. The summed E-state index contributed by atoms with van der Waals surface area (Å²) >= 11 is 2.46. The number of anilines is 2. The molecule has 0 heterocycles. The molecule has 47 heavy (non-hydrogen) atoms. The lowest BCUT2D eigenvalue weighted by Crippen LogP contribution is -2.50. The molecular formula is C27H15BrF14N2O3. The maximum atomic E-state index is 15.6. The minimum atomic E-state index is -6.66. The van der Waals surface area contributed by atoms with Gasteiger partial charge < -0.3 is 15.0 Å². The Labute approximate surface area is 262 Å². The predicted octanol–water partition coefficient (Wildman–Crippen LogP) is 9.56. The molecule has 0 aliphatic heterocycles. The van der Waals surface area contributed by atoms with Crippen LogP contribution in [0.3, 0.4) is 0 Å². The fourth-order valence-electron chi connectivity index (χ4n) is 4.12. The van der Waals surface area contributed by atoms with Crippen LogP contribution in [0.4, 0.5) is 72.8 Å². The number of ether oxygens (including phenoxy) is 1. The Morgan fingerprint density at radius 3 is 2.00 bits per heavy atom. The molecule has 1 N–H and O–H groups in total. The van der Waals surface area contributed by atoms with Crippen LogP contribution in [0.5, 0.6) is 5.75 Å². The first kappa shape index (κ1) is 37.4. The van der Waals surface area contributed by atoms with E-state index in [1.54, 1.807) is 5.32 Å². The molecule has 0 saturated heterocycles. The second-order valence-electron chi connectivity index (χ2n) is 9.20. The number of carbonyl (C=O) groups is 2. The molecule has 256 valence electrons. The molecule has 0 unspecified atom stereocenters. The van der Waals surface area contributed by atoms with Crippen molar-refractivity contribution in [2.24, 2.45) is 0 Å². The van der Waals surface area contributed by atoms with Gasteiger partial charge in [-0.1, -0.05) is 6.07 Å². The molecule has 3 aromatic carbocycles. The standard InChI is InChI=1S/C27H15BrF14N2O3/c1-2-44(22(46)11-6-7-16(29)14(8-11)25(34,35)36)17-5-3-4-13(19(17)30)21(45)43-20-15(28)9-12(10-18(20)47-23(31)32)24(33,26(37,38)39)27(40,41)42/h3-10,23H,2H2,1H3,(H,43,45). The van der Waals surface area contributed by atoms with Crippen LogP contribution in [0.1, 0.15) is 38.8 Å². The summed E-state index contributed by atoms with van der Waals surface area (Å²) in [6, 6.07) is 3.15. The van der Waals surface area contributed by atoms with E-state index in [0.717, 1.165) is 18.2 Å². The Bertz CT molecular complexity index is 1660. The molecule has 0 spiro atoms. The number of hydrogen-bond donors (Lipinski definition) is 1. The molecule has 0 fully saturated rings. The average Bonchev–Trinajstić information content (AvgIpc) is 2.93. The van der Waals surface area contributed by atoms with Gasteiger partial charge in [0.15, 0.2) is 11.6 Å². The number of rotatable bonds is 8. The van der Waals surface area contributed by atoms with Crippen LogP contribution in [-0.4, -0.2) is 37.3 Å². The van der Waals surface area contributed by atoms with Gasteiger partial charge in [-0.3, -0.25) is 9.59 Å². The summed E-state index contributed by atoms with van der Waals surface area (Å²) in [5.41, 5.74) is -13.8. The number of halogens is 15. The van der Waals surface area contributed by atoms with Crippen molar-refractivity contribution in [1.29, 1.82) is 0 Å². The highest BCUT2D eigenvalue weighted by Crippen LogP contribution is 2.55. The first-order valence-electron chi connectivity index (χ1n) is 12.3. The van der Waals surface area contributed by atoms with Crippen molar-refractivity contribution < 1.29 is 75.8 Å². The Kier molecular flexibility index (Phi) is 10.5. The highest BCUT2D eigenvalue weighted by Gasteiger charge is 2.73. The van der Waals surface area contributed by atoms with E-state index in [9.17, 15) is 66.7 Å². The van der Waals surface area contributed by atoms with Crippen molar-refractivity contribution in [2.45, 2.75) is 37.7 Å². The van der Waals surface area contributed by atoms with E-state index in [4.69, 9.17) is 0 Å². The van der Waals surface area contributed by atoms with Gasteiger partial charge in [0.25, 0.3) is 11.8 Å². The average molecular weight is 761 g/mol. The molecule has 2 amide bonds. The fraction of sp³-hybridized carbons (Fsp3) is 0.259. The highest BCUT2D eigenvalue weighted by molar-refractivity contribution is 9.10. The summed E-state index contributed by atoms with van der Waals surface area (Å²) in [5, 5.41) is 1.73. The Hall–Kier alpha value is -4.10. The lowest BCUT2D eigenvalue weighted by atomic mass is 9.93. The van der Waals surface area contributed by atoms with Crippen molar-refractivity contribution in [1.82, 2.24) is 0 Å². The van der Waals surface area contributed by atoms with Crippen molar-refractivity contribution in [3.63, 3.8) is 0 Å². The molecule has 3 rings (SSSR count). The minimum Gasteiger partial charge on any atom is -0.433 e. The van der Waals surface area contributed by atoms with E-state index >= 15 is 4.39 Å². The number of nitrogens with zero attached hydrogens (tertiary/aromatic N) is 1. The minimum absolute atomic E-state index is 0.142. The molecule has 5 nitrogen and oxygen atoms in total. The van der Waals surface area contributed by atoms with Crippen LogP contribution in [0.15, 0.2) is 53.0 Å². The first-order chi connectivity index (χ1) is 21.4. The first-order valence-corrected chi connectivity index (χ1v) is 13.1. The van der Waals surface area contributed by atoms with Crippen molar-refractivity contribution >= 4 is 39.1 Å². The third kappa shape index (κ3) is 7.41. The summed E-state index contributed by atoms with van der Waals surface area (Å²) in [6.07, 6.45) is -18.5. The van der Waals surface area contributed by atoms with Crippen LogP contribution in [0.25, 0.3) is 0 Å². The number of hydrogen-bond acceptors (Lipinski definition) is 3. The van der Waals surface area contributed by atoms with Gasteiger partial charge >= 0.3 is 30.8 Å². The van der Waals surface area contributed by atoms with Crippen molar-refractivity contribution in [3.8, 4) is 5.75 Å². The van der Waals surface area contributed by atoms with Gasteiger partial charge in [0, 0.05) is 22.1 Å². The molecule has 20 heteroatoms. The van der Waals surface area contributed by atoms with Gasteiger partial charge in [-0.2, -0.15) is 48.3 Å². The van der Waals surface area contributed by atoms with Gasteiger partial charge in [0.05, 0.1) is 22.5 Å². The zero-order valence-corrected chi connectivity index (χ0v) is 24.3. The summed E-state index contributed by atoms with van der Waals surface area (Å²) in [6.45, 7) is -3.17. The molecular weight excluding hydrogens is 746 g/mol. The third-order valence-electron chi connectivity index (χ3n) is 6.28. The van der Waals surface area contributed by atoms with Gasteiger partial charge in [0.2, 0.25) is 0 Å². The van der Waals surface area contributed by atoms with Gasteiger partial charge in [-0.15, -0.1) is 0 Å². The van der Waals surface area contributed by atoms with Gasteiger partial charge in [0.1, 0.15) is 5.82 Å². The molecule has 0 bridgehead atoms. The summed E-state index contributed by atoms with van der Waals surface area (Å²) in [5.74, 6) is -7.83. The second kappa shape index (κ2) is 13.2. The van der Waals surface area contributed by atoms with Crippen LogP contribution in [0, 0.1) is 11.6 Å². The normalized spacial score (nSPS) is 12.7. The van der Waals surface area contributed by atoms with Crippen molar-refractivity contribution in [2.75, 3.05) is 16.8 Å². The van der Waals surface area contributed by atoms with E-state index in [2.05, 4.69) is 20.7 Å². The molecule has 0 aromatic heterocycles. The molecule has 0 atom stereocenters. The monoisotopic (exact) mass is 760 g/mol. The second-order valence-corrected chi connectivity index (χ2v) is 10.1. The Morgan fingerprint density at radius 1 is 0.894 bits per heavy atom. The molecule has 0 saturated carbocycles. The lowest BCUT2D eigenvalue weighted by molar-refractivity contribution is -0.348. The summed E-state index contributed by atoms with van der Waals surface area (Å²) < 4.78 is 192. The molecule has 3 aromatic rings. The number of nitrogens with one attached hydrogen (secondary N) is 1. The quantitative estimate of drug-likeness (QED) is 0.233. The van der Waals surface area contributed by atoms with E-state index < -0.39 is 111 Å². The van der Waals surface area contributed by atoms with Gasteiger partial charge in [-0.05, 0) is 65.3 Å². The predicted molar refractivity (Wildman–Crippen MR) is 139 cm³/mol. The van der Waals surface area contributed by atoms with E-state index in [-0.39, 0.29) is 12.1 Å². The molecule has 0 aliphatic rings. The van der Waals surface area contributed by atoms with E-state index in [1.807, 2.05) is 0 Å². The van der Waals surface area contributed by atoms with Crippen LogP contribution in [-0.2, 0) is 11.8 Å². The van der Waals surface area contributed by atoms with Crippen molar-refractivity contribution in [3.05, 3.63) is 86.9 Å². The summed E-state index contributed by atoms with van der Waals surface area (Å²) in [7, 11) is 0. The molecule has 0 radical (unpaired) electrons. The Morgan fingerprint density at radius 2 is 1.49 bits per heavy atom. The molecule has 0 aliphatic carbocycles. The van der Waals surface area contributed by atoms with Gasteiger partial charge in [-0.25, -0.2) is 13.2 Å². The third-order valence-corrected chi connectivity index (χ3v) is 6.91. The van der Waals surface area contributed by atoms with E-state index in [0.29, 0.717) is 17.0 Å². The maximum Gasteiger partial charge on any atom is 0.435 e. The SMILES string of the molecule is CCN(C(=O)c1ccc(F)c(C(F)(F)F)c1)c1cccc(C(=O)Nc2c(Br)cc(C(F)(C(F)(F)F)C(F)(F)F)cc2OC(F)F)c1F. The number of carbonyl (C=O) groups excluding carboxylic acids is 2. The maximum absolute atomic E-state index is 15.6. The van der Waals surface area contributed by atoms with Crippen LogP contribution in [0.2, 0.25) is 0 Å². The zero-order chi connectivity index (χ0) is 35.9.